The Balaban J connectivity index is 1.56. The molecule has 0 spiro atoms. The summed E-state index contributed by atoms with van der Waals surface area (Å²) in [5.74, 6) is -1.53. The lowest BCUT2D eigenvalue weighted by Gasteiger charge is -2.36. The number of aryl methyl sites for hydroxylation is 1. The molecule has 0 aliphatic carbocycles. The van der Waals surface area contributed by atoms with Crippen LogP contribution < -0.4 is 5.32 Å². The van der Waals surface area contributed by atoms with Crippen molar-refractivity contribution in [2.75, 3.05) is 26.2 Å². The Labute approximate surface area is 210 Å². The van der Waals surface area contributed by atoms with Gasteiger partial charge in [0.1, 0.15) is 0 Å². The first-order chi connectivity index (χ1) is 17.3. The number of rotatable bonds is 6. The summed E-state index contributed by atoms with van der Waals surface area (Å²) in [5.41, 5.74) is 1.50. The normalized spacial score (nSPS) is 14.7. The highest BCUT2D eigenvalue weighted by Gasteiger charge is 2.39. The Morgan fingerprint density at radius 2 is 1.28 bits per heavy atom. The molecule has 1 N–H and O–H groups in total. The average molecular weight is 506 g/mol. The van der Waals surface area contributed by atoms with E-state index in [2.05, 4.69) is 5.32 Å². The molecular formula is C27H27N3O5S. The van der Waals surface area contributed by atoms with Crippen LogP contribution in [0.4, 0.5) is 0 Å². The highest BCUT2D eigenvalue weighted by molar-refractivity contribution is 7.92. The quantitative estimate of drug-likeness (QED) is 0.555. The van der Waals surface area contributed by atoms with E-state index in [0.717, 1.165) is 0 Å². The van der Waals surface area contributed by atoms with E-state index in [-0.39, 0.29) is 42.5 Å². The van der Waals surface area contributed by atoms with Crippen LogP contribution in [0.3, 0.4) is 0 Å². The van der Waals surface area contributed by atoms with E-state index in [9.17, 15) is 22.8 Å². The van der Waals surface area contributed by atoms with Crippen molar-refractivity contribution in [2.24, 2.45) is 0 Å². The fourth-order valence-corrected chi connectivity index (χ4v) is 5.59. The molecule has 1 atom stereocenters. The predicted octanol–water partition coefficient (Wildman–Crippen LogP) is 2.51. The van der Waals surface area contributed by atoms with Crippen molar-refractivity contribution >= 4 is 27.6 Å². The molecule has 0 aromatic heterocycles. The van der Waals surface area contributed by atoms with Gasteiger partial charge in [0.2, 0.25) is 15.2 Å². The molecule has 9 heteroatoms. The fourth-order valence-electron chi connectivity index (χ4n) is 4.10. The van der Waals surface area contributed by atoms with Crippen molar-refractivity contribution in [2.45, 2.75) is 17.2 Å². The van der Waals surface area contributed by atoms with Crippen LogP contribution in [0.2, 0.25) is 0 Å². The van der Waals surface area contributed by atoms with E-state index in [4.69, 9.17) is 0 Å². The van der Waals surface area contributed by atoms with Crippen molar-refractivity contribution in [3.8, 4) is 0 Å². The van der Waals surface area contributed by atoms with Crippen LogP contribution in [-0.4, -0.2) is 67.5 Å². The van der Waals surface area contributed by atoms with E-state index < -0.39 is 27.0 Å². The van der Waals surface area contributed by atoms with Gasteiger partial charge in [0.15, 0.2) is 0 Å². The first-order valence-electron chi connectivity index (χ1n) is 11.6. The van der Waals surface area contributed by atoms with Gasteiger partial charge in [0, 0.05) is 37.3 Å². The van der Waals surface area contributed by atoms with E-state index in [1.807, 2.05) is 6.07 Å². The van der Waals surface area contributed by atoms with Crippen molar-refractivity contribution in [1.82, 2.24) is 15.1 Å². The third-order valence-corrected chi connectivity index (χ3v) is 8.03. The number of sulfone groups is 1. The van der Waals surface area contributed by atoms with Crippen LogP contribution in [0.5, 0.6) is 0 Å². The lowest BCUT2D eigenvalue weighted by atomic mass is 10.1. The molecule has 1 saturated heterocycles. The summed E-state index contributed by atoms with van der Waals surface area (Å²) in [7, 11) is -4.24. The Morgan fingerprint density at radius 3 is 1.89 bits per heavy atom. The maximum absolute atomic E-state index is 13.5. The second-order valence-electron chi connectivity index (χ2n) is 8.51. The minimum atomic E-state index is -4.24. The standard InChI is InChI=1S/C27H27N3O5S/c1-20-10-8-9-15-23(20)24(31)28-25(36(34,35)22-13-6-3-7-14-22)27(33)30-18-16-29(17-19-30)26(32)21-11-4-2-5-12-21/h2-15,25H,16-19H2,1H3,(H,28,31)/t25-/m0/s1. The SMILES string of the molecule is Cc1ccccc1C(=O)N[C@H](C(=O)N1CCN(C(=O)c2ccccc2)CC1)S(=O)(=O)c1ccccc1. The number of carbonyl (C=O) groups is 3. The summed E-state index contributed by atoms with van der Waals surface area (Å²) >= 11 is 0. The zero-order chi connectivity index (χ0) is 25.7. The number of benzene rings is 3. The molecule has 0 saturated carbocycles. The average Bonchev–Trinajstić information content (AvgIpc) is 2.92. The van der Waals surface area contributed by atoms with Crippen LogP contribution in [0.25, 0.3) is 0 Å². The smallest absolute Gasteiger partial charge is 0.261 e. The van der Waals surface area contributed by atoms with Gasteiger partial charge >= 0.3 is 0 Å². The highest BCUT2D eigenvalue weighted by atomic mass is 32.2. The molecule has 1 aliphatic rings. The fraction of sp³-hybridized carbons (Fsp3) is 0.222. The molecular weight excluding hydrogens is 478 g/mol. The van der Waals surface area contributed by atoms with Gasteiger partial charge < -0.3 is 15.1 Å². The molecule has 8 nitrogen and oxygen atoms in total. The Hall–Kier alpha value is -3.98. The number of hydrogen-bond acceptors (Lipinski definition) is 5. The molecule has 1 heterocycles. The number of carbonyl (C=O) groups excluding carboxylic acids is 3. The molecule has 0 unspecified atom stereocenters. The zero-order valence-electron chi connectivity index (χ0n) is 19.8. The topological polar surface area (TPSA) is 104 Å². The number of amides is 3. The highest BCUT2D eigenvalue weighted by Crippen LogP contribution is 2.19. The van der Waals surface area contributed by atoms with E-state index >= 15 is 0 Å². The summed E-state index contributed by atoms with van der Waals surface area (Å²) in [6, 6.07) is 23.2. The first-order valence-corrected chi connectivity index (χ1v) is 13.1. The van der Waals surface area contributed by atoms with E-state index in [1.54, 1.807) is 78.6 Å². The van der Waals surface area contributed by atoms with E-state index in [0.29, 0.717) is 11.1 Å². The van der Waals surface area contributed by atoms with Crippen molar-refractivity contribution < 1.29 is 22.8 Å². The number of hydrogen-bond donors (Lipinski definition) is 1. The molecule has 186 valence electrons. The van der Waals surface area contributed by atoms with E-state index in [1.165, 1.54) is 17.0 Å². The lowest BCUT2D eigenvalue weighted by Crippen LogP contribution is -2.57. The summed E-state index contributed by atoms with van der Waals surface area (Å²) in [4.78, 5) is 42.3. The van der Waals surface area contributed by atoms with Crippen molar-refractivity contribution in [1.29, 1.82) is 0 Å². The van der Waals surface area contributed by atoms with Gasteiger partial charge in [0.05, 0.1) is 4.90 Å². The maximum Gasteiger partial charge on any atom is 0.261 e. The van der Waals surface area contributed by atoms with Gasteiger partial charge in [-0.15, -0.1) is 0 Å². The maximum atomic E-state index is 13.5. The number of nitrogens with one attached hydrogen (secondary N) is 1. The van der Waals surface area contributed by atoms with Gasteiger partial charge in [-0.25, -0.2) is 8.42 Å². The summed E-state index contributed by atoms with van der Waals surface area (Å²) in [6.45, 7) is 2.55. The van der Waals surface area contributed by atoms with Gasteiger partial charge in [-0.2, -0.15) is 0 Å². The third-order valence-electron chi connectivity index (χ3n) is 6.16. The van der Waals surface area contributed by atoms with Gasteiger partial charge in [-0.05, 0) is 42.8 Å². The minimum absolute atomic E-state index is 0.0636. The van der Waals surface area contributed by atoms with Crippen LogP contribution in [0, 0.1) is 6.92 Å². The van der Waals surface area contributed by atoms with Crippen LogP contribution in [0.1, 0.15) is 26.3 Å². The largest absolute Gasteiger partial charge is 0.336 e. The lowest BCUT2D eigenvalue weighted by molar-refractivity contribution is -0.132. The third kappa shape index (κ3) is 5.31. The summed E-state index contributed by atoms with van der Waals surface area (Å²) in [5, 5.41) is 0.669. The second-order valence-corrected chi connectivity index (χ2v) is 10.5. The second kappa shape index (κ2) is 10.7. The molecule has 1 fully saturated rings. The van der Waals surface area contributed by atoms with Gasteiger partial charge in [-0.3, -0.25) is 14.4 Å². The molecule has 4 rings (SSSR count). The molecule has 3 aromatic rings. The van der Waals surface area contributed by atoms with Crippen LogP contribution in [-0.2, 0) is 14.6 Å². The molecule has 3 aromatic carbocycles. The monoisotopic (exact) mass is 505 g/mol. The zero-order valence-corrected chi connectivity index (χ0v) is 20.6. The Bertz CT molecular complexity index is 1350. The first kappa shape index (κ1) is 25.1. The number of nitrogens with zero attached hydrogens (tertiary/aromatic N) is 2. The molecule has 0 radical (unpaired) electrons. The van der Waals surface area contributed by atoms with Crippen LogP contribution in [0.15, 0.2) is 89.8 Å². The molecule has 3 amide bonds. The van der Waals surface area contributed by atoms with Crippen molar-refractivity contribution in [3.63, 3.8) is 0 Å². The minimum Gasteiger partial charge on any atom is -0.336 e. The molecule has 0 bridgehead atoms. The molecule has 1 aliphatic heterocycles. The van der Waals surface area contributed by atoms with Crippen LogP contribution >= 0.6 is 0 Å². The number of piperazine rings is 1. The summed E-state index contributed by atoms with van der Waals surface area (Å²) < 4.78 is 27.0. The molecule has 36 heavy (non-hydrogen) atoms. The Morgan fingerprint density at radius 1 is 0.750 bits per heavy atom. The van der Waals surface area contributed by atoms with Crippen molar-refractivity contribution in [3.05, 3.63) is 102 Å². The predicted molar refractivity (Wildman–Crippen MR) is 135 cm³/mol. The summed E-state index contributed by atoms with van der Waals surface area (Å²) in [6.07, 6.45) is 0. The van der Waals surface area contributed by atoms with Gasteiger partial charge in [-0.1, -0.05) is 54.6 Å². The van der Waals surface area contributed by atoms with Gasteiger partial charge in [0.25, 0.3) is 17.7 Å². The Kier molecular flexibility index (Phi) is 7.49.